The van der Waals surface area contributed by atoms with Crippen molar-refractivity contribution in [2.75, 3.05) is 5.75 Å². The van der Waals surface area contributed by atoms with Crippen molar-refractivity contribution in [3.05, 3.63) is 64.4 Å². The molecule has 1 heterocycles. The third-order valence-corrected chi connectivity index (χ3v) is 4.31. The monoisotopic (exact) mass is 363 g/mol. The van der Waals surface area contributed by atoms with Gasteiger partial charge in [0.1, 0.15) is 0 Å². The Balaban J connectivity index is 1.71. The summed E-state index contributed by atoms with van der Waals surface area (Å²) in [5.41, 5.74) is 4.58. The van der Waals surface area contributed by atoms with E-state index in [0.29, 0.717) is 5.75 Å². The molecule has 2 aromatic rings. The SMILES string of the molecule is O=C(CSCc1ccccc1Br)N/N=C/c1ccncc1. The van der Waals surface area contributed by atoms with E-state index in [-0.39, 0.29) is 5.91 Å². The van der Waals surface area contributed by atoms with E-state index in [4.69, 9.17) is 0 Å². The molecule has 1 aromatic heterocycles. The lowest BCUT2D eigenvalue weighted by Crippen LogP contribution is -2.19. The lowest BCUT2D eigenvalue weighted by molar-refractivity contribution is -0.118. The van der Waals surface area contributed by atoms with Gasteiger partial charge in [0.25, 0.3) is 0 Å². The maximum Gasteiger partial charge on any atom is 0.250 e. The second-order valence-corrected chi connectivity index (χ2v) is 6.00. The van der Waals surface area contributed by atoms with Gasteiger partial charge in [-0.3, -0.25) is 9.78 Å². The van der Waals surface area contributed by atoms with Crippen molar-refractivity contribution in [1.82, 2.24) is 10.4 Å². The van der Waals surface area contributed by atoms with Crippen molar-refractivity contribution >= 4 is 39.8 Å². The van der Waals surface area contributed by atoms with Gasteiger partial charge in [0, 0.05) is 22.6 Å². The lowest BCUT2D eigenvalue weighted by atomic mass is 10.2. The van der Waals surface area contributed by atoms with Gasteiger partial charge < -0.3 is 0 Å². The molecule has 0 radical (unpaired) electrons. The number of amides is 1. The van der Waals surface area contributed by atoms with Crippen LogP contribution in [-0.4, -0.2) is 22.9 Å². The van der Waals surface area contributed by atoms with E-state index >= 15 is 0 Å². The summed E-state index contributed by atoms with van der Waals surface area (Å²) in [6.45, 7) is 0. The van der Waals surface area contributed by atoms with Gasteiger partial charge in [-0.15, -0.1) is 11.8 Å². The van der Waals surface area contributed by atoms with E-state index in [1.807, 2.05) is 36.4 Å². The molecule has 0 fully saturated rings. The zero-order valence-corrected chi connectivity index (χ0v) is 13.6. The van der Waals surface area contributed by atoms with Crippen LogP contribution in [0.15, 0.2) is 58.4 Å². The quantitative estimate of drug-likeness (QED) is 0.633. The number of nitrogens with zero attached hydrogens (tertiary/aromatic N) is 2. The summed E-state index contributed by atoms with van der Waals surface area (Å²) in [5, 5.41) is 3.91. The third-order valence-electron chi connectivity index (χ3n) is 2.56. The van der Waals surface area contributed by atoms with Crippen LogP contribution >= 0.6 is 27.7 Å². The van der Waals surface area contributed by atoms with Crippen LogP contribution in [0.5, 0.6) is 0 Å². The molecule has 0 saturated heterocycles. The summed E-state index contributed by atoms with van der Waals surface area (Å²) in [5.74, 6) is 1.04. The standard InChI is InChI=1S/C15H14BrN3OS/c16-14-4-2-1-3-13(14)10-21-11-15(20)19-18-9-12-5-7-17-8-6-12/h1-9H,10-11H2,(H,19,20)/b18-9+. The van der Waals surface area contributed by atoms with Crippen LogP contribution in [0.4, 0.5) is 0 Å². The summed E-state index contributed by atoms with van der Waals surface area (Å²) in [6.07, 6.45) is 4.95. The van der Waals surface area contributed by atoms with Crippen LogP contribution in [0, 0.1) is 0 Å². The number of carbonyl (C=O) groups is 1. The first kappa shape index (κ1) is 15.7. The zero-order chi connectivity index (χ0) is 14.9. The molecule has 0 spiro atoms. The Morgan fingerprint density at radius 2 is 2.05 bits per heavy atom. The number of hydrogen-bond acceptors (Lipinski definition) is 4. The highest BCUT2D eigenvalue weighted by molar-refractivity contribution is 9.10. The molecule has 4 nitrogen and oxygen atoms in total. The van der Waals surface area contributed by atoms with Gasteiger partial charge >= 0.3 is 0 Å². The molecule has 0 atom stereocenters. The minimum absolute atomic E-state index is 0.114. The van der Waals surface area contributed by atoms with Crippen LogP contribution in [0.3, 0.4) is 0 Å². The summed E-state index contributed by atoms with van der Waals surface area (Å²) < 4.78 is 1.06. The molecule has 1 N–H and O–H groups in total. The third kappa shape index (κ3) is 5.69. The van der Waals surface area contributed by atoms with Crippen molar-refractivity contribution < 1.29 is 4.79 Å². The maximum absolute atomic E-state index is 11.6. The van der Waals surface area contributed by atoms with E-state index in [9.17, 15) is 4.79 Å². The van der Waals surface area contributed by atoms with Crippen molar-refractivity contribution in [3.63, 3.8) is 0 Å². The molecule has 0 bridgehead atoms. The Labute approximate surface area is 136 Å². The van der Waals surface area contributed by atoms with Crippen LogP contribution in [0.25, 0.3) is 0 Å². The Morgan fingerprint density at radius 1 is 1.29 bits per heavy atom. The fraction of sp³-hybridized carbons (Fsp3) is 0.133. The van der Waals surface area contributed by atoms with Crippen molar-refractivity contribution in [2.24, 2.45) is 5.10 Å². The normalized spacial score (nSPS) is 10.7. The van der Waals surface area contributed by atoms with Gasteiger partial charge in [0.15, 0.2) is 0 Å². The highest BCUT2D eigenvalue weighted by atomic mass is 79.9. The lowest BCUT2D eigenvalue weighted by Gasteiger charge is -2.03. The molecule has 21 heavy (non-hydrogen) atoms. The van der Waals surface area contributed by atoms with Gasteiger partial charge in [-0.05, 0) is 29.3 Å². The Bertz CT molecular complexity index is 619. The van der Waals surface area contributed by atoms with Gasteiger partial charge in [0.2, 0.25) is 5.91 Å². The number of aromatic nitrogens is 1. The second-order valence-electron chi connectivity index (χ2n) is 4.16. The number of carbonyl (C=O) groups excluding carboxylic acids is 1. The largest absolute Gasteiger partial charge is 0.272 e. The molecule has 0 aliphatic heterocycles. The van der Waals surface area contributed by atoms with Gasteiger partial charge in [-0.1, -0.05) is 34.1 Å². The Morgan fingerprint density at radius 3 is 2.81 bits per heavy atom. The number of pyridine rings is 1. The molecule has 1 amide bonds. The zero-order valence-electron chi connectivity index (χ0n) is 11.2. The van der Waals surface area contributed by atoms with Gasteiger partial charge in [-0.2, -0.15) is 5.10 Å². The number of benzene rings is 1. The number of hydrazone groups is 1. The minimum Gasteiger partial charge on any atom is -0.272 e. The highest BCUT2D eigenvalue weighted by Crippen LogP contribution is 2.20. The predicted octanol–water partition coefficient (Wildman–Crippen LogP) is 3.23. The average Bonchev–Trinajstić information content (AvgIpc) is 2.50. The maximum atomic E-state index is 11.6. The summed E-state index contributed by atoms with van der Waals surface area (Å²) >= 11 is 5.04. The van der Waals surface area contributed by atoms with Crippen molar-refractivity contribution in [3.8, 4) is 0 Å². The second kappa shape index (κ2) is 8.59. The number of hydrogen-bond donors (Lipinski definition) is 1. The molecule has 0 saturated carbocycles. The van der Waals surface area contributed by atoms with Gasteiger partial charge in [-0.25, -0.2) is 5.43 Å². The van der Waals surface area contributed by atoms with E-state index in [1.54, 1.807) is 30.4 Å². The van der Waals surface area contributed by atoms with E-state index < -0.39 is 0 Å². The number of thioether (sulfide) groups is 1. The van der Waals surface area contributed by atoms with Crippen molar-refractivity contribution in [1.29, 1.82) is 0 Å². The van der Waals surface area contributed by atoms with Crippen LogP contribution < -0.4 is 5.43 Å². The molecule has 2 rings (SSSR count). The first-order valence-electron chi connectivity index (χ1n) is 6.29. The molecule has 0 unspecified atom stereocenters. The number of halogens is 1. The number of rotatable bonds is 6. The first-order valence-corrected chi connectivity index (χ1v) is 8.23. The molecular weight excluding hydrogens is 350 g/mol. The predicted molar refractivity (Wildman–Crippen MR) is 90.3 cm³/mol. The van der Waals surface area contributed by atoms with Crippen molar-refractivity contribution in [2.45, 2.75) is 5.75 Å². The van der Waals surface area contributed by atoms with Crippen LogP contribution in [-0.2, 0) is 10.5 Å². The minimum atomic E-state index is -0.114. The summed E-state index contributed by atoms with van der Waals surface area (Å²) in [7, 11) is 0. The highest BCUT2D eigenvalue weighted by Gasteiger charge is 2.02. The molecule has 0 aliphatic rings. The average molecular weight is 364 g/mol. The first-order chi connectivity index (χ1) is 10.3. The fourth-order valence-electron chi connectivity index (χ4n) is 1.53. The van der Waals surface area contributed by atoms with Crippen LogP contribution in [0.2, 0.25) is 0 Å². The molecule has 1 aromatic carbocycles. The molecular formula is C15H14BrN3OS. The number of nitrogens with one attached hydrogen (secondary N) is 1. The van der Waals surface area contributed by atoms with E-state index in [2.05, 4.69) is 31.4 Å². The van der Waals surface area contributed by atoms with E-state index in [1.165, 1.54) is 5.56 Å². The Kier molecular flexibility index (Phi) is 6.43. The summed E-state index contributed by atoms with van der Waals surface area (Å²) in [4.78, 5) is 15.5. The molecule has 6 heteroatoms. The van der Waals surface area contributed by atoms with E-state index in [0.717, 1.165) is 15.8 Å². The molecule has 108 valence electrons. The topological polar surface area (TPSA) is 54.4 Å². The van der Waals surface area contributed by atoms with Crippen LogP contribution in [0.1, 0.15) is 11.1 Å². The Hall–Kier alpha value is -1.66. The molecule has 0 aliphatic carbocycles. The fourth-order valence-corrected chi connectivity index (χ4v) is 2.96. The van der Waals surface area contributed by atoms with Gasteiger partial charge in [0.05, 0.1) is 12.0 Å². The summed E-state index contributed by atoms with van der Waals surface area (Å²) in [6, 6.07) is 11.6. The smallest absolute Gasteiger partial charge is 0.250 e.